The average Bonchev–Trinajstić information content (AvgIpc) is 3.21. The number of carbonyl (C=O) groups excluding carboxylic acids is 1. The second-order valence-corrected chi connectivity index (χ2v) is 4.71. The van der Waals surface area contributed by atoms with Crippen molar-refractivity contribution in [3.05, 3.63) is 66.2 Å². The Labute approximate surface area is 107 Å². The predicted octanol–water partition coefficient (Wildman–Crippen LogP) is 3.43. The Balaban J connectivity index is 1.63. The molecule has 1 aliphatic carbocycles. The molecule has 0 heterocycles. The summed E-state index contributed by atoms with van der Waals surface area (Å²) in [5, 5.41) is 2.96. The molecule has 2 aromatic carbocycles. The van der Waals surface area contributed by atoms with E-state index in [1.165, 1.54) is 5.56 Å². The molecule has 1 amide bonds. The van der Waals surface area contributed by atoms with E-state index in [0.29, 0.717) is 5.92 Å². The van der Waals surface area contributed by atoms with Gasteiger partial charge in [-0.25, -0.2) is 0 Å². The lowest BCUT2D eigenvalue weighted by atomic mass is 10.1. The molecule has 1 saturated carbocycles. The molecule has 18 heavy (non-hydrogen) atoms. The summed E-state index contributed by atoms with van der Waals surface area (Å²) in [7, 11) is 0. The minimum absolute atomic E-state index is 0.132. The molecule has 0 radical (unpaired) electrons. The lowest BCUT2D eigenvalue weighted by Crippen LogP contribution is -2.14. The van der Waals surface area contributed by atoms with Gasteiger partial charge in [-0.05, 0) is 30.0 Å². The Kier molecular flexibility index (Phi) is 2.85. The molecule has 2 aromatic rings. The van der Waals surface area contributed by atoms with Gasteiger partial charge >= 0.3 is 0 Å². The number of amides is 1. The van der Waals surface area contributed by atoms with Gasteiger partial charge in [0.15, 0.2) is 0 Å². The fourth-order valence-electron chi connectivity index (χ4n) is 2.31. The van der Waals surface area contributed by atoms with Crippen LogP contribution in [0.2, 0.25) is 0 Å². The minimum atomic E-state index is 0.132. The molecule has 1 aliphatic rings. The van der Waals surface area contributed by atoms with Crippen molar-refractivity contribution >= 4 is 11.6 Å². The van der Waals surface area contributed by atoms with Crippen molar-refractivity contribution in [3.63, 3.8) is 0 Å². The zero-order valence-corrected chi connectivity index (χ0v) is 10.0. The smallest absolute Gasteiger partial charge is 0.228 e. The summed E-state index contributed by atoms with van der Waals surface area (Å²) in [6.45, 7) is 0. The standard InChI is InChI=1S/C16H15NO/c18-16(17-13-9-5-2-6-10-13)15-11-14(15)12-7-3-1-4-8-12/h1-10,14-15H,11H2,(H,17,18)/t14-,15-/m1/s1. The lowest BCUT2D eigenvalue weighted by molar-refractivity contribution is -0.117. The molecule has 0 bridgehead atoms. The topological polar surface area (TPSA) is 29.1 Å². The first-order chi connectivity index (χ1) is 8.84. The molecule has 0 saturated heterocycles. The number of hydrogen-bond donors (Lipinski definition) is 1. The van der Waals surface area contributed by atoms with Gasteiger partial charge in [-0.2, -0.15) is 0 Å². The highest BCUT2D eigenvalue weighted by Gasteiger charge is 2.43. The zero-order valence-electron chi connectivity index (χ0n) is 10.0. The number of hydrogen-bond acceptors (Lipinski definition) is 1. The summed E-state index contributed by atoms with van der Waals surface area (Å²) in [4.78, 5) is 12.0. The van der Waals surface area contributed by atoms with Crippen LogP contribution in [0.4, 0.5) is 5.69 Å². The van der Waals surface area contributed by atoms with E-state index in [0.717, 1.165) is 12.1 Å². The fraction of sp³-hybridized carbons (Fsp3) is 0.188. The molecule has 3 rings (SSSR count). The number of anilines is 1. The third kappa shape index (κ3) is 2.28. The Morgan fingerprint density at radius 3 is 2.22 bits per heavy atom. The Hall–Kier alpha value is -2.09. The Morgan fingerprint density at radius 2 is 1.56 bits per heavy atom. The SMILES string of the molecule is O=C(Nc1ccccc1)[C@@H]1C[C@@H]1c1ccccc1. The van der Waals surface area contributed by atoms with E-state index in [4.69, 9.17) is 0 Å². The Bertz CT molecular complexity index is 536. The Morgan fingerprint density at radius 1 is 0.944 bits per heavy atom. The summed E-state index contributed by atoms with van der Waals surface area (Å²) in [6.07, 6.45) is 0.961. The molecule has 90 valence electrons. The lowest BCUT2D eigenvalue weighted by Gasteiger charge is -2.04. The van der Waals surface area contributed by atoms with E-state index in [2.05, 4.69) is 17.4 Å². The third-order valence-electron chi connectivity index (χ3n) is 3.40. The number of para-hydroxylation sites is 1. The summed E-state index contributed by atoms with van der Waals surface area (Å²) >= 11 is 0. The van der Waals surface area contributed by atoms with Crippen LogP contribution in [0.15, 0.2) is 60.7 Å². The van der Waals surface area contributed by atoms with E-state index >= 15 is 0 Å². The molecule has 1 N–H and O–H groups in total. The molecular weight excluding hydrogens is 222 g/mol. The highest BCUT2D eigenvalue weighted by Crippen LogP contribution is 2.47. The van der Waals surface area contributed by atoms with E-state index in [1.54, 1.807) is 0 Å². The van der Waals surface area contributed by atoms with Crippen LogP contribution >= 0.6 is 0 Å². The van der Waals surface area contributed by atoms with Crippen LogP contribution in [-0.4, -0.2) is 5.91 Å². The van der Waals surface area contributed by atoms with Crippen LogP contribution in [0.25, 0.3) is 0 Å². The summed E-state index contributed by atoms with van der Waals surface area (Å²) < 4.78 is 0. The van der Waals surface area contributed by atoms with Crippen LogP contribution in [0.5, 0.6) is 0 Å². The van der Waals surface area contributed by atoms with Crippen molar-refractivity contribution in [2.24, 2.45) is 5.92 Å². The van der Waals surface area contributed by atoms with E-state index in [-0.39, 0.29) is 11.8 Å². The van der Waals surface area contributed by atoms with Crippen molar-refractivity contribution < 1.29 is 4.79 Å². The van der Waals surface area contributed by atoms with Gasteiger partial charge in [0.05, 0.1) is 0 Å². The fourth-order valence-corrected chi connectivity index (χ4v) is 2.31. The van der Waals surface area contributed by atoms with Gasteiger partial charge in [0.2, 0.25) is 5.91 Å². The number of carbonyl (C=O) groups is 1. The van der Waals surface area contributed by atoms with Crippen molar-refractivity contribution in [1.29, 1.82) is 0 Å². The molecule has 0 aromatic heterocycles. The maximum absolute atomic E-state index is 12.0. The van der Waals surface area contributed by atoms with Gasteiger partial charge in [0, 0.05) is 11.6 Å². The number of rotatable bonds is 3. The van der Waals surface area contributed by atoms with Crippen molar-refractivity contribution in [2.45, 2.75) is 12.3 Å². The van der Waals surface area contributed by atoms with Gasteiger partial charge in [-0.15, -0.1) is 0 Å². The van der Waals surface area contributed by atoms with E-state index < -0.39 is 0 Å². The minimum Gasteiger partial charge on any atom is -0.326 e. The van der Waals surface area contributed by atoms with Crippen LogP contribution in [-0.2, 0) is 4.79 Å². The van der Waals surface area contributed by atoms with Crippen molar-refractivity contribution in [2.75, 3.05) is 5.32 Å². The summed E-state index contributed by atoms with van der Waals surface area (Å²) in [5.74, 6) is 0.664. The molecule has 0 aliphatic heterocycles. The number of nitrogens with one attached hydrogen (secondary N) is 1. The summed E-state index contributed by atoms with van der Waals surface area (Å²) in [6, 6.07) is 19.9. The maximum atomic E-state index is 12.0. The monoisotopic (exact) mass is 237 g/mol. The van der Waals surface area contributed by atoms with Crippen molar-refractivity contribution in [1.82, 2.24) is 0 Å². The maximum Gasteiger partial charge on any atom is 0.228 e. The molecular formula is C16H15NO. The normalized spacial score (nSPS) is 21.3. The molecule has 2 atom stereocenters. The second-order valence-electron chi connectivity index (χ2n) is 4.71. The van der Waals surface area contributed by atoms with Gasteiger partial charge in [-0.1, -0.05) is 48.5 Å². The highest BCUT2D eigenvalue weighted by molar-refractivity contribution is 5.95. The highest BCUT2D eigenvalue weighted by atomic mass is 16.2. The quantitative estimate of drug-likeness (QED) is 0.870. The second kappa shape index (κ2) is 4.65. The van der Waals surface area contributed by atoms with Gasteiger partial charge in [0.25, 0.3) is 0 Å². The van der Waals surface area contributed by atoms with Gasteiger partial charge < -0.3 is 5.32 Å². The largest absolute Gasteiger partial charge is 0.326 e. The van der Waals surface area contributed by atoms with Crippen LogP contribution in [0.1, 0.15) is 17.9 Å². The van der Waals surface area contributed by atoms with Crippen LogP contribution < -0.4 is 5.32 Å². The van der Waals surface area contributed by atoms with E-state index in [9.17, 15) is 4.79 Å². The first-order valence-corrected chi connectivity index (χ1v) is 6.25. The molecule has 0 unspecified atom stereocenters. The molecule has 2 heteroatoms. The van der Waals surface area contributed by atoms with Gasteiger partial charge in [0.1, 0.15) is 0 Å². The summed E-state index contributed by atoms with van der Waals surface area (Å²) in [5.41, 5.74) is 2.15. The first-order valence-electron chi connectivity index (χ1n) is 6.25. The van der Waals surface area contributed by atoms with Crippen molar-refractivity contribution in [3.8, 4) is 0 Å². The van der Waals surface area contributed by atoms with E-state index in [1.807, 2.05) is 48.5 Å². The van der Waals surface area contributed by atoms with Gasteiger partial charge in [-0.3, -0.25) is 4.79 Å². The molecule has 1 fully saturated rings. The first kappa shape index (κ1) is 11.0. The van der Waals surface area contributed by atoms with Crippen LogP contribution in [0.3, 0.4) is 0 Å². The zero-order chi connectivity index (χ0) is 12.4. The third-order valence-corrected chi connectivity index (χ3v) is 3.40. The average molecular weight is 237 g/mol. The molecule has 0 spiro atoms. The molecule has 2 nitrogen and oxygen atoms in total. The van der Waals surface area contributed by atoms with Crippen LogP contribution in [0, 0.1) is 5.92 Å². The predicted molar refractivity (Wildman–Crippen MR) is 72.4 cm³/mol. The number of benzene rings is 2.